The van der Waals surface area contributed by atoms with Crippen LogP contribution in [0.1, 0.15) is 32.4 Å². The quantitative estimate of drug-likeness (QED) is 0.722. The van der Waals surface area contributed by atoms with Crippen LogP contribution >= 0.6 is 11.6 Å². The molecule has 4 heteroatoms. The molecular formula is C12H17ClKNO. The van der Waals surface area contributed by atoms with E-state index in [9.17, 15) is 5.11 Å². The van der Waals surface area contributed by atoms with Crippen LogP contribution in [0.15, 0.2) is 24.3 Å². The Morgan fingerprint density at radius 2 is 1.88 bits per heavy atom. The molecule has 1 aromatic rings. The molecule has 0 spiro atoms. The van der Waals surface area contributed by atoms with Crippen molar-refractivity contribution in [1.82, 2.24) is 5.32 Å². The molecule has 1 N–H and O–H groups in total. The van der Waals surface area contributed by atoms with Gasteiger partial charge in [-0.1, -0.05) is 35.9 Å². The SMILES string of the molecule is CC(C)(C)NCC([O-])c1ccccc1Cl.[K+]. The third-order valence-corrected chi connectivity index (χ3v) is 2.41. The van der Waals surface area contributed by atoms with E-state index in [0.717, 1.165) is 0 Å². The molecule has 1 unspecified atom stereocenters. The second kappa shape index (κ2) is 7.49. The minimum Gasteiger partial charge on any atom is -0.848 e. The van der Waals surface area contributed by atoms with E-state index in [1.54, 1.807) is 12.1 Å². The average Bonchev–Trinajstić information content (AvgIpc) is 2.14. The van der Waals surface area contributed by atoms with E-state index >= 15 is 0 Å². The van der Waals surface area contributed by atoms with Gasteiger partial charge in [0.05, 0.1) is 0 Å². The predicted octanol–water partition coefficient (Wildman–Crippen LogP) is -0.866. The third kappa shape index (κ3) is 6.12. The van der Waals surface area contributed by atoms with Crippen LogP contribution in [0, 0.1) is 0 Å². The first-order chi connectivity index (χ1) is 6.90. The second-order valence-corrected chi connectivity index (χ2v) is 5.05. The summed E-state index contributed by atoms with van der Waals surface area (Å²) in [5.41, 5.74) is 0.625. The summed E-state index contributed by atoms with van der Waals surface area (Å²) >= 11 is 5.94. The molecule has 16 heavy (non-hydrogen) atoms. The summed E-state index contributed by atoms with van der Waals surface area (Å²) < 4.78 is 0. The molecule has 0 amide bonds. The van der Waals surface area contributed by atoms with Gasteiger partial charge in [0.1, 0.15) is 0 Å². The maximum atomic E-state index is 11.8. The second-order valence-electron chi connectivity index (χ2n) is 4.64. The molecule has 0 fully saturated rings. The van der Waals surface area contributed by atoms with Crippen molar-refractivity contribution in [2.24, 2.45) is 0 Å². The zero-order valence-electron chi connectivity index (χ0n) is 10.4. The molecule has 1 aromatic carbocycles. The molecule has 0 aromatic heterocycles. The fourth-order valence-electron chi connectivity index (χ4n) is 1.25. The number of hydrogen-bond donors (Lipinski definition) is 1. The number of benzene rings is 1. The van der Waals surface area contributed by atoms with Crippen molar-refractivity contribution < 1.29 is 56.5 Å². The van der Waals surface area contributed by atoms with Crippen molar-refractivity contribution in [3.8, 4) is 0 Å². The van der Waals surface area contributed by atoms with Gasteiger partial charge in [0.25, 0.3) is 0 Å². The van der Waals surface area contributed by atoms with Gasteiger partial charge in [-0.05, 0) is 38.9 Å². The molecule has 0 heterocycles. The zero-order valence-corrected chi connectivity index (χ0v) is 14.3. The molecule has 2 nitrogen and oxygen atoms in total. The summed E-state index contributed by atoms with van der Waals surface area (Å²) in [4.78, 5) is 0. The molecule has 0 aliphatic carbocycles. The van der Waals surface area contributed by atoms with Crippen LogP contribution in [0.5, 0.6) is 0 Å². The minimum atomic E-state index is -0.807. The summed E-state index contributed by atoms with van der Waals surface area (Å²) in [6.45, 7) is 6.50. The van der Waals surface area contributed by atoms with Crippen molar-refractivity contribution in [2.45, 2.75) is 32.4 Å². The molecule has 0 aliphatic heterocycles. The summed E-state index contributed by atoms with van der Waals surface area (Å²) in [6.07, 6.45) is -0.807. The van der Waals surface area contributed by atoms with Gasteiger partial charge in [-0.3, -0.25) is 0 Å². The standard InChI is InChI=1S/C12H17ClNO.K/c1-12(2,3)14-8-11(15)9-6-4-5-7-10(9)13;/h4-7,11,14H,8H2,1-3H3;/q-1;+1. The van der Waals surface area contributed by atoms with Crippen LogP contribution in [-0.4, -0.2) is 12.1 Å². The summed E-state index contributed by atoms with van der Waals surface area (Å²) in [5.74, 6) is 0. The van der Waals surface area contributed by atoms with Gasteiger partial charge in [0, 0.05) is 10.6 Å². The molecule has 0 radical (unpaired) electrons. The van der Waals surface area contributed by atoms with Gasteiger partial charge >= 0.3 is 51.4 Å². The van der Waals surface area contributed by atoms with E-state index in [1.807, 2.05) is 32.9 Å². The van der Waals surface area contributed by atoms with E-state index in [-0.39, 0.29) is 56.9 Å². The Kier molecular flexibility index (Phi) is 7.99. The van der Waals surface area contributed by atoms with Crippen LogP contribution in [0.25, 0.3) is 0 Å². The van der Waals surface area contributed by atoms with Crippen molar-refractivity contribution >= 4 is 11.6 Å². The van der Waals surface area contributed by atoms with E-state index in [2.05, 4.69) is 5.32 Å². The fraction of sp³-hybridized carbons (Fsp3) is 0.500. The maximum absolute atomic E-state index is 11.8. The van der Waals surface area contributed by atoms with Crippen LogP contribution < -0.4 is 61.8 Å². The number of hydrogen-bond acceptors (Lipinski definition) is 2. The minimum absolute atomic E-state index is 0. The molecule has 84 valence electrons. The topological polar surface area (TPSA) is 35.1 Å². The van der Waals surface area contributed by atoms with Crippen LogP contribution in [0.4, 0.5) is 0 Å². The van der Waals surface area contributed by atoms with Gasteiger partial charge in [-0.25, -0.2) is 0 Å². The Morgan fingerprint density at radius 1 is 1.31 bits per heavy atom. The average molecular weight is 266 g/mol. The molecule has 1 rings (SSSR count). The van der Waals surface area contributed by atoms with E-state index in [1.165, 1.54) is 0 Å². The third-order valence-electron chi connectivity index (χ3n) is 2.07. The van der Waals surface area contributed by atoms with Crippen LogP contribution in [0.3, 0.4) is 0 Å². The van der Waals surface area contributed by atoms with Gasteiger partial charge < -0.3 is 10.4 Å². The number of rotatable bonds is 3. The monoisotopic (exact) mass is 265 g/mol. The van der Waals surface area contributed by atoms with E-state index in [0.29, 0.717) is 17.1 Å². The Labute approximate surface area is 145 Å². The molecule has 1 atom stereocenters. The van der Waals surface area contributed by atoms with Gasteiger partial charge in [-0.15, -0.1) is 0 Å². The van der Waals surface area contributed by atoms with Gasteiger partial charge in [-0.2, -0.15) is 0 Å². The molecule has 0 aliphatic rings. The van der Waals surface area contributed by atoms with Gasteiger partial charge in [0.2, 0.25) is 0 Å². The fourth-order valence-corrected chi connectivity index (χ4v) is 1.50. The largest absolute Gasteiger partial charge is 1.00 e. The Bertz CT molecular complexity index is 325. The molecule has 0 saturated carbocycles. The number of nitrogens with one attached hydrogen (secondary N) is 1. The maximum Gasteiger partial charge on any atom is 1.00 e. The van der Waals surface area contributed by atoms with Crippen molar-refractivity contribution in [1.29, 1.82) is 0 Å². The predicted molar refractivity (Wildman–Crippen MR) is 61.9 cm³/mol. The summed E-state index contributed by atoms with van der Waals surface area (Å²) in [6, 6.07) is 7.20. The first-order valence-electron chi connectivity index (χ1n) is 5.05. The smallest absolute Gasteiger partial charge is 0.848 e. The molecule has 0 saturated heterocycles. The zero-order chi connectivity index (χ0) is 11.5. The normalized spacial score (nSPS) is 13.1. The van der Waals surface area contributed by atoms with Crippen molar-refractivity contribution in [2.75, 3.05) is 6.54 Å². The first-order valence-corrected chi connectivity index (χ1v) is 5.43. The Hall–Kier alpha value is 1.07. The summed E-state index contributed by atoms with van der Waals surface area (Å²) in [7, 11) is 0. The van der Waals surface area contributed by atoms with Crippen molar-refractivity contribution in [3.05, 3.63) is 34.9 Å². The molecular weight excluding hydrogens is 249 g/mol. The Balaban J connectivity index is 0.00000225. The van der Waals surface area contributed by atoms with Crippen LogP contribution in [-0.2, 0) is 0 Å². The number of halogens is 1. The van der Waals surface area contributed by atoms with Gasteiger partial charge in [0.15, 0.2) is 0 Å². The Morgan fingerprint density at radius 3 is 2.38 bits per heavy atom. The van der Waals surface area contributed by atoms with Crippen LogP contribution in [0.2, 0.25) is 5.02 Å². The molecule has 0 bridgehead atoms. The van der Waals surface area contributed by atoms with E-state index in [4.69, 9.17) is 11.6 Å². The van der Waals surface area contributed by atoms with E-state index < -0.39 is 6.10 Å². The summed E-state index contributed by atoms with van der Waals surface area (Å²) in [5, 5.41) is 15.6. The van der Waals surface area contributed by atoms with Crippen molar-refractivity contribution in [3.63, 3.8) is 0 Å². The first kappa shape index (κ1) is 17.1.